The fourth-order valence-corrected chi connectivity index (χ4v) is 2.82. The Bertz CT molecular complexity index is 1300. The van der Waals surface area contributed by atoms with Crippen LogP contribution in [-0.2, 0) is 17.3 Å². The molecule has 0 aliphatic carbocycles. The number of carbonyl (C=O) groups is 2. The van der Waals surface area contributed by atoms with Crippen LogP contribution < -0.4 is 10.9 Å². The van der Waals surface area contributed by atoms with E-state index in [1.165, 1.54) is 30.5 Å². The van der Waals surface area contributed by atoms with Gasteiger partial charge in [-0.2, -0.15) is 13.2 Å². The zero-order chi connectivity index (χ0) is 24.9. The molecule has 1 heterocycles. The molecule has 1 amide bonds. The minimum Gasteiger partial charge on any atom is -0.465 e. The maximum atomic E-state index is 13.0. The summed E-state index contributed by atoms with van der Waals surface area (Å²) in [7, 11) is 1.09. The van der Waals surface area contributed by atoms with Crippen LogP contribution >= 0.6 is 0 Å². The summed E-state index contributed by atoms with van der Waals surface area (Å²) in [6.45, 7) is 0. The Morgan fingerprint density at radius 2 is 1.82 bits per heavy atom. The Balaban J connectivity index is 1.86. The lowest BCUT2D eigenvalue weighted by atomic mass is 10.1. The zero-order valence-electron chi connectivity index (χ0n) is 17.5. The minimum atomic E-state index is -4.66. The molecule has 0 atom stereocenters. The highest BCUT2D eigenvalue weighted by Gasteiger charge is 2.31. The van der Waals surface area contributed by atoms with Gasteiger partial charge in [-0.1, -0.05) is 6.07 Å². The van der Waals surface area contributed by atoms with E-state index in [1.54, 1.807) is 0 Å². The van der Waals surface area contributed by atoms with E-state index < -0.39 is 40.7 Å². The number of alkyl halides is 3. The van der Waals surface area contributed by atoms with Crippen LogP contribution in [-0.4, -0.2) is 25.2 Å². The van der Waals surface area contributed by atoms with Gasteiger partial charge >= 0.3 is 17.8 Å². The summed E-state index contributed by atoms with van der Waals surface area (Å²) in [5.41, 5.74) is -2.71. The Hall–Kier alpha value is -4.28. The first-order valence-electron chi connectivity index (χ1n) is 9.60. The number of halogens is 4. The van der Waals surface area contributed by atoms with Crippen LogP contribution in [0.15, 0.2) is 68.8 Å². The quantitative estimate of drug-likeness (QED) is 0.314. The molecule has 11 heteroatoms. The Labute approximate surface area is 189 Å². The molecule has 0 bridgehead atoms. The Morgan fingerprint density at radius 3 is 2.47 bits per heavy atom. The molecule has 0 spiro atoms. The maximum Gasteiger partial charge on any atom is 0.416 e. The number of nitrogens with zero attached hydrogens (tertiary/aromatic N) is 1. The van der Waals surface area contributed by atoms with Crippen LogP contribution in [0.3, 0.4) is 0 Å². The molecular weight excluding hydrogens is 460 g/mol. The predicted molar refractivity (Wildman–Crippen MR) is 114 cm³/mol. The predicted octanol–water partition coefficient (Wildman–Crippen LogP) is 4.78. The maximum absolute atomic E-state index is 13.0. The molecule has 0 aliphatic rings. The van der Waals surface area contributed by atoms with Gasteiger partial charge in [-0.3, -0.25) is 9.79 Å². The fraction of sp³-hybridized carbons (Fsp3) is 0.130. The highest BCUT2D eigenvalue weighted by molar-refractivity contribution is 6.05. The lowest BCUT2D eigenvalue weighted by Gasteiger charge is -2.10. The number of rotatable bonds is 6. The van der Waals surface area contributed by atoms with Crippen molar-refractivity contribution in [1.82, 2.24) is 0 Å². The number of aliphatic imine (C=N–C) groups is 1. The smallest absolute Gasteiger partial charge is 0.416 e. The number of hydrogen-bond donors (Lipinski definition) is 1. The molecule has 1 aromatic heterocycles. The largest absolute Gasteiger partial charge is 0.465 e. The number of methoxy groups -OCH3 is 1. The van der Waals surface area contributed by atoms with Gasteiger partial charge in [0.25, 0.3) is 5.91 Å². The van der Waals surface area contributed by atoms with Crippen molar-refractivity contribution < 1.29 is 36.3 Å². The van der Waals surface area contributed by atoms with Gasteiger partial charge in [-0.25, -0.2) is 14.0 Å². The molecule has 3 rings (SSSR count). The van der Waals surface area contributed by atoms with Gasteiger partial charge in [0.15, 0.2) is 0 Å². The van der Waals surface area contributed by atoms with Gasteiger partial charge in [-0.15, -0.1) is 0 Å². The van der Waals surface area contributed by atoms with Crippen molar-refractivity contribution in [2.75, 3.05) is 12.4 Å². The topological polar surface area (TPSA) is 98.0 Å². The van der Waals surface area contributed by atoms with Gasteiger partial charge in [0.2, 0.25) is 0 Å². The second-order valence-electron chi connectivity index (χ2n) is 6.80. The summed E-state index contributed by atoms with van der Waals surface area (Å²) in [4.78, 5) is 41.0. The number of esters is 1. The third-order valence-corrected chi connectivity index (χ3v) is 4.47. The van der Waals surface area contributed by atoms with Crippen molar-refractivity contribution in [1.29, 1.82) is 0 Å². The van der Waals surface area contributed by atoms with Gasteiger partial charge in [0, 0.05) is 18.2 Å². The summed E-state index contributed by atoms with van der Waals surface area (Å²) < 4.78 is 61.5. The van der Waals surface area contributed by atoms with E-state index in [0.717, 1.165) is 31.4 Å². The molecular formula is C23H16F4N2O5. The van der Waals surface area contributed by atoms with Crippen LogP contribution in [0.5, 0.6) is 0 Å². The highest BCUT2D eigenvalue weighted by Crippen LogP contribution is 2.29. The lowest BCUT2D eigenvalue weighted by molar-refractivity contribution is -0.137. The Morgan fingerprint density at radius 1 is 1.12 bits per heavy atom. The zero-order valence-corrected chi connectivity index (χ0v) is 17.5. The number of hydrogen-bond acceptors (Lipinski definition) is 6. The second kappa shape index (κ2) is 10.1. The molecule has 0 aliphatic heterocycles. The average molecular weight is 476 g/mol. The van der Waals surface area contributed by atoms with E-state index in [9.17, 15) is 31.9 Å². The highest BCUT2D eigenvalue weighted by atomic mass is 19.4. The number of ether oxygens (including phenoxy) is 1. The normalized spacial score (nSPS) is 11.4. The molecule has 7 nitrogen and oxygen atoms in total. The van der Waals surface area contributed by atoms with Crippen molar-refractivity contribution in [2.45, 2.75) is 12.6 Å². The molecule has 0 radical (unpaired) electrons. The third-order valence-electron chi connectivity index (χ3n) is 4.47. The molecule has 176 valence electrons. The SMILES string of the molecule is COC(=O)c1cc(NC(=O)c2cccc(C(F)(F)F)c2)c(=O)oc1CC=Nc1ccc(F)cc1. The molecule has 3 aromatic rings. The van der Waals surface area contributed by atoms with E-state index in [-0.39, 0.29) is 23.3 Å². The van der Waals surface area contributed by atoms with E-state index in [0.29, 0.717) is 11.8 Å². The molecule has 0 fully saturated rings. The first-order valence-corrected chi connectivity index (χ1v) is 9.60. The molecule has 0 unspecified atom stereocenters. The van der Waals surface area contributed by atoms with Crippen molar-refractivity contribution >= 4 is 29.5 Å². The summed E-state index contributed by atoms with van der Waals surface area (Å²) >= 11 is 0. The van der Waals surface area contributed by atoms with E-state index in [2.05, 4.69) is 15.0 Å². The number of benzene rings is 2. The minimum absolute atomic E-state index is 0.125. The number of anilines is 1. The molecule has 2 aromatic carbocycles. The average Bonchev–Trinajstić information content (AvgIpc) is 2.81. The molecule has 0 saturated carbocycles. The summed E-state index contributed by atoms with van der Waals surface area (Å²) in [5, 5.41) is 2.15. The van der Waals surface area contributed by atoms with Crippen LogP contribution in [0, 0.1) is 5.82 Å². The summed E-state index contributed by atoms with van der Waals surface area (Å²) in [6, 6.07) is 9.83. The van der Waals surface area contributed by atoms with Gasteiger partial charge in [-0.05, 0) is 48.5 Å². The number of nitrogens with one attached hydrogen (secondary N) is 1. The van der Waals surface area contributed by atoms with Crippen molar-refractivity contribution in [3.63, 3.8) is 0 Å². The standard InChI is InChI=1S/C23H16F4N2O5/c1-33-21(31)17-12-18(29-20(30)13-3-2-4-14(11-13)23(25,26)27)22(32)34-19(17)9-10-28-16-7-5-15(24)6-8-16/h2-8,10-12H,9H2,1H3,(H,29,30). The van der Waals surface area contributed by atoms with Crippen LogP contribution in [0.25, 0.3) is 0 Å². The first-order chi connectivity index (χ1) is 16.1. The lowest BCUT2D eigenvalue weighted by Crippen LogP contribution is -2.21. The van der Waals surface area contributed by atoms with E-state index >= 15 is 0 Å². The number of carbonyl (C=O) groups excluding carboxylic acids is 2. The monoisotopic (exact) mass is 476 g/mol. The van der Waals surface area contributed by atoms with E-state index in [4.69, 9.17) is 4.42 Å². The Kier molecular flexibility index (Phi) is 7.24. The van der Waals surface area contributed by atoms with Gasteiger partial charge < -0.3 is 14.5 Å². The summed E-state index contributed by atoms with van der Waals surface area (Å²) in [6.07, 6.45) is -3.47. The van der Waals surface area contributed by atoms with Crippen molar-refractivity contribution in [2.24, 2.45) is 4.99 Å². The second-order valence-corrected chi connectivity index (χ2v) is 6.80. The van der Waals surface area contributed by atoms with Crippen molar-refractivity contribution in [3.8, 4) is 0 Å². The van der Waals surface area contributed by atoms with Crippen molar-refractivity contribution in [3.05, 3.63) is 93.3 Å². The van der Waals surface area contributed by atoms with Gasteiger partial charge in [0.1, 0.15) is 22.8 Å². The third kappa shape index (κ3) is 5.94. The van der Waals surface area contributed by atoms with Crippen LogP contribution in [0.2, 0.25) is 0 Å². The van der Waals surface area contributed by atoms with E-state index in [1.807, 2.05) is 0 Å². The van der Waals surface area contributed by atoms with Gasteiger partial charge in [0.05, 0.1) is 18.4 Å². The van der Waals surface area contributed by atoms with Crippen LogP contribution in [0.1, 0.15) is 32.0 Å². The molecule has 0 saturated heterocycles. The van der Waals surface area contributed by atoms with Crippen LogP contribution in [0.4, 0.5) is 28.9 Å². The molecule has 34 heavy (non-hydrogen) atoms. The summed E-state index contributed by atoms with van der Waals surface area (Å²) in [5.74, 6) is -2.47. The fourth-order valence-electron chi connectivity index (χ4n) is 2.82. The molecule has 1 N–H and O–H groups in total. The number of amides is 1. The first kappa shape index (κ1) is 24.4.